The Balaban J connectivity index is 1.57. The Morgan fingerprint density at radius 3 is 2.07 bits per heavy atom. The second-order valence-electron chi connectivity index (χ2n) is 8.33. The SMILES string of the molecule is Cc1cccnc1NC(=O)c1ccc(CNC(=O)c2ccc(C(C)(C)C)cc2)cc1. The van der Waals surface area contributed by atoms with Gasteiger partial charge < -0.3 is 10.6 Å². The van der Waals surface area contributed by atoms with Crippen molar-refractivity contribution in [1.29, 1.82) is 0 Å². The van der Waals surface area contributed by atoms with Gasteiger partial charge >= 0.3 is 0 Å². The summed E-state index contributed by atoms with van der Waals surface area (Å²) in [6.45, 7) is 8.71. The lowest BCUT2D eigenvalue weighted by Gasteiger charge is -2.19. The van der Waals surface area contributed by atoms with E-state index in [-0.39, 0.29) is 17.2 Å². The normalized spacial score (nSPS) is 11.1. The van der Waals surface area contributed by atoms with Gasteiger partial charge in [0.15, 0.2) is 0 Å². The predicted molar refractivity (Wildman–Crippen MR) is 120 cm³/mol. The first-order chi connectivity index (χ1) is 14.2. The van der Waals surface area contributed by atoms with Crippen LogP contribution in [-0.4, -0.2) is 16.8 Å². The summed E-state index contributed by atoms with van der Waals surface area (Å²) in [5.74, 6) is 0.213. The molecule has 0 saturated carbocycles. The number of aryl methyl sites for hydroxylation is 1. The molecule has 2 aromatic carbocycles. The highest BCUT2D eigenvalue weighted by Crippen LogP contribution is 2.22. The fraction of sp³-hybridized carbons (Fsp3) is 0.240. The van der Waals surface area contributed by atoms with E-state index < -0.39 is 0 Å². The smallest absolute Gasteiger partial charge is 0.256 e. The third-order valence-corrected chi connectivity index (χ3v) is 4.92. The monoisotopic (exact) mass is 401 g/mol. The van der Waals surface area contributed by atoms with Crippen LogP contribution in [0, 0.1) is 6.92 Å². The Kier molecular flexibility index (Phi) is 6.31. The molecule has 30 heavy (non-hydrogen) atoms. The number of hydrogen-bond acceptors (Lipinski definition) is 3. The van der Waals surface area contributed by atoms with Crippen molar-refractivity contribution in [2.45, 2.75) is 39.7 Å². The van der Waals surface area contributed by atoms with Crippen LogP contribution >= 0.6 is 0 Å². The van der Waals surface area contributed by atoms with Gasteiger partial charge in [-0.25, -0.2) is 4.98 Å². The minimum Gasteiger partial charge on any atom is -0.348 e. The van der Waals surface area contributed by atoms with Crippen molar-refractivity contribution in [3.8, 4) is 0 Å². The summed E-state index contributed by atoms with van der Waals surface area (Å²) in [5, 5.41) is 5.73. The van der Waals surface area contributed by atoms with Crippen LogP contribution in [-0.2, 0) is 12.0 Å². The van der Waals surface area contributed by atoms with E-state index in [0.717, 1.165) is 11.1 Å². The highest BCUT2D eigenvalue weighted by Gasteiger charge is 2.14. The summed E-state index contributed by atoms with van der Waals surface area (Å²) in [4.78, 5) is 29.0. The number of anilines is 1. The van der Waals surface area contributed by atoms with Crippen molar-refractivity contribution in [1.82, 2.24) is 10.3 Å². The van der Waals surface area contributed by atoms with Gasteiger partial charge in [0.25, 0.3) is 11.8 Å². The van der Waals surface area contributed by atoms with Gasteiger partial charge in [-0.15, -0.1) is 0 Å². The Morgan fingerprint density at radius 1 is 0.867 bits per heavy atom. The van der Waals surface area contributed by atoms with Gasteiger partial charge in [-0.1, -0.05) is 51.1 Å². The number of carbonyl (C=O) groups excluding carboxylic acids is 2. The second-order valence-corrected chi connectivity index (χ2v) is 8.33. The molecule has 3 aromatic rings. The third kappa shape index (κ3) is 5.32. The van der Waals surface area contributed by atoms with Gasteiger partial charge in [0, 0.05) is 23.9 Å². The van der Waals surface area contributed by atoms with Crippen molar-refractivity contribution >= 4 is 17.6 Å². The first-order valence-electron chi connectivity index (χ1n) is 9.95. The molecule has 0 spiro atoms. The van der Waals surface area contributed by atoms with Gasteiger partial charge in [0.1, 0.15) is 5.82 Å². The average Bonchev–Trinajstić information content (AvgIpc) is 2.73. The number of nitrogens with one attached hydrogen (secondary N) is 2. The molecule has 3 rings (SSSR count). The lowest BCUT2D eigenvalue weighted by Crippen LogP contribution is -2.23. The number of benzene rings is 2. The molecule has 2 N–H and O–H groups in total. The Hall–Kier alpha value is -3.47. The summed E-state index contributed by atoms with van der Waals surface area (Å²) >= 11 is 0. The number of aromatic nitrogens is 1. The molecule has 0 radical (unpaired) electrons. The van der Waals surface area contributed by atoms with E-state index in [1.54, 1.807) is 18.3 Å². The minimum atomic E-state index is -0.216. The molecular formula is C25H27N3O2. The van der Waals surface area contributed by atoms with Gasteiger partial charge in [0.05, 0.1) is 0 Å². The van der Waals surface area contributed by atoms with E-state index in [1.807, 2.05) is 55.5 Å². The molecule has 5 heteroatoms. The Morgan fingerprint density at radius 2 is 1.47 bits per heavy atom. The van der Waals surface area contributed by atoms with E-state index in [1.165, 1.54) is 5.56 Å². The quantitative estimate of drug-likeness (QED) is 0.641. The molecule has 5 nitrogen and oxygen atoms in total. The summed E-state index contributed by atoms with van der Waals surface area (Å²) in [6.07, 6.45) is 1.64. The molecular weight excluding hydrogens is 374 g/mol. The molecule has 0 fully saturated rings. The van der Waals surface area contributed by atoms with Crippen LogP contribution < -0.4 is 10.6 Å². The molecule has 0 atom stereocenters. The molecule has 0 unspecified atom stereocenters. The summed E-state index contributed by atoms with van der Waals surface area (Å²) in [6, 6.07) is 18.6. The molecule has 0 aliphatic heterocycles. The van der Waals surface area contributed by atoms with Gasteiger partial charge in [-0.05, 0) is 59.4 Å². The lowest BCUT2D eigenvalue weighted by atomic mass is 9.87. The molecule has 1 heterocycles. The largest absolute Gasteiger partial charge is 0.348 e. The van der Waals surface area contributed by atoms with Crippen LogP contribution in [0.4, 0.5) is 5.82 Å². The summed E-state index contributed by atoms with van der Waals surface area (Å²) in [7, 11) is 0. The van der Waals surface area contributed by atoms with Crippen molar-refractivity contribution in [2.75, 3.05) is 5.32 Å². The third-order valence-electron chi connectivity index (χ3n) is 4.92. The Bertz CT molecular complexity index is 1030. The highest BCUT2D eigenvalue weighted by atomic mass is 16.2. The zero-order valence-electron chi connectivity index (χ0n) is 17.8. The molecule has 0 bridgehead atoms. The molecule has 154 valence electrons. The van der Waals surface area contributed by atoms with E-state index in [0.29, 0.717) is 23.5 Å². The maximum Gasteiger partial charge on any atom is 0.256 e. The molecule has 1 aromatic heterocycles. The minimum absolute atomic E-state index is 0.0539. The highest BCUT2D eigenvalue weighted by molar-refractivity contribution is 6.04. The maximum absolute atomic E-state index is 12.4. The first kappa shape index (κ1) is 21.2. The number of nitrogens with zero attached hydrogens (tertiary/aromatic N) is 1. The first-order valence-corrected chi connectivity index (χ1v) is 9.95. The standard InChI is InChI=1S/C25H27N3O2/c1-17-6-5-15-26-22(17)28-24(30)20-9-7-18(8-10-20)16-27-23(29)19-11-13-21(14-12-19)25(2,3)4/h5-15H,16H2,1-4H3,(H,27,29)(H,26,28,30). The molecule has 0 aliphatic rings. The predicted octanol–water partition coefficient (Wildman–Crippen LogP) is 4.87. The fourth-order valence-corrected chi connectivity index (χ4v) is 2.98. The number of hydrogen-bond donors (Lipinski definition) is 2. The summed E-state index contributed by atoms with van der Waals surface area (Å²) < 4.78 is 0. The van der Waals surface area contributed by atoms with E-state index in [9.17, 15) is 9.59 Å². The molecule has 2 amide bonds. The molecule has 0 aliphatic carbocycles. The van der Waals surface area contributed by atoms with Crippen LogP contribution in [0.5, 0.6) is 0 Å². The number of amides is 2. The zero-order valence-corrected chi connectivity index (χ0v) is 17.8. The number of carbonyl (C=O) groups is 2. The lowest BCUT2D eigenvalue weighted by molar-refractivity contribution is 0.0949. The van der Waals surface area contributed by atoms with Crippen LogP contribution in [0.1, 0.15) is 58.2 Å². The van der Waals surface area contributed by atoms with Crippen molar-refractivity contribution in [3.63, 3.8) is 0 Å². The second kappa shape index (κ2) is 8.91. The van der Waals surface area contributed by atoms with E-state index in [4.69, 9.17) is 0 Å². The van der Waals surface area contributed by atoms with Crippen LogP contribution in [0.25, 0.3) is 0 Å². The average molecular weight is 402 g/mol. The Labute approximate surface area is 177 Å². The molecule has 0 saturated heterocycles. The van der Waals surface area contributed by atoms with Crippen molar-refractivity contribution in [3.05, 3.63) is 94.7 Å². The number of rotatable bonds is 5. The van der Waals surface area contributed by atoms with Crippen LogP contribution in [0.15, 0.2) is 66.9 Å². The van der Waals surface area contributed by atoms with Gasteiger partial charge in [-0.3, -0.25) is 9.59 Å². The summed E-state index contributed by atoms with van der Waals surface area (Å²) in [5.41, 5.74) is 4.23. The van der Waals surface area contributed by atoms with E-state index in [2.05, 4.69) is 36.4 Å². The van der Waals surface area contributed by atoms with E-state index >= 15 is 0 Å². The van der Waals surface area contributed by atoms with Crippen LogP contribution in [0.3, 0.4) is 0 Å². The fourth-order valence-electron chi connectivity index (χ4n) is 2.98. The number of pyridine rings is 1. The topological polar surface area (TPSA) is 71.1 Å². The van der Waals surface area contributed by atoms with Crippen molar-refractivity contribution in [2.24, 2.45) is 0 Å². The van der Waals surface area contributed by atoms with Gasteiger partial charge in [-0.2, -0.15) is 0 Å². The van der Waals surface area contributed by atoms with Crippen LogP contribution in [0.2, 0.25) is 0 Å². The maximum atomic E-state index is 12.4. The van der Waals surface area contributed by atoms with Gasteiger partial charge in [0.2, 0.25) is 0 Å². The van der Waals surface area contributed by atoms with Crippen molar-refractivity contribution < 1.29 is 9.59 Å². The zero-order chi connectivity index (χ0) is 21.7.